The van der Waals surface area contributed by atoms with Gasteiger partial charge in [0, 0.05) is 41.7 Å². The summed E-state index contributed by atoms with van der Waals surface area (Å²) in [7, 11) is 0. The van der Waals surface area contributed by atoms with Gasteiger partial charge in [0.2, 0.25) is 5.91 Å². The molecule has 0 saturated heterocycles. The monoisotopic (exact) mass is 547 g/mol. The minimum Gasteiger partial charge on any atom is -0.351 e. The molecule has 0 bridgehead atoms. The second-order valence-electron chi connectivity index (χ2n) is 9.34. The maximum Gasteiger partial charge on any atom is 0.261 e. The van der Waals surface area contributed by atoms with E-state index in [0.717, 1.165) is 16.6 Å². The number of hydrogen-bond acceptors (Lipinski definition) is 6. The number of rotatable bonds is 9. The van der Waals surface area contributed by atoms with Crippen molar-refractivity contribution >= 4 is 40.3 Å². The van der Waals surface area contributed by atoms with Crippen LogP contribution in [0.3, 0.4) is 0 Å². The number of thioether (sulfide) groups is 1. The minimum atomic E-state index is -0.315. The summed E-state index contributed by atoms with van der Waals surface area (Å²) in [5, 5.41) is 13.8. The average Bonchev–Trinajstić information content (AvgIpc) is 3.41. The summed E-state index contributed by atoms with van der Waals surface area (Å²) in [6, 6.07) is 30.3. The van der Waals surface area contributed by atoms with Crippen LogP contribution in [0.5, 0.6) is 0 Å². The summed E-state index contributed by atoms with van der Waals surface area (Å²) in [6.07, 6.45) is 0.304. The number of amides is 3. The Morgan fingerprint density at radius 1 is 0.775 bits per heavy atom. The van der Waals surface area contributed by atoms with Gasteiger partial charge >= 0.3 is 0 Å². The van der Waals surface area contributed by atoms with E-state index in [1.165, 1.54) is 16.7 Å². The topological polar surface area (TPSA) is 97.2 Å². The van der Waals surface area contributed by atoms with Gasteiger partial charge in [-0.25, -0.2) is 0 Å². The van der Waals surface area contributed by atoms with Crippen LogP contribution in [-0.4, -0.2) is 49.7 Å². The Morgan fingerprint density at radius 3 is 2.10 bits per heavy atom. The van der Waals surface area contributed by atoms with Gasteiger partial charge in [0.1, 0.15) is 5.82 Å². The van der Waals surface area contributed by atoms with Crippen LogP contribution in [0.1, 0.15) is 32.1 Å². The first kappa shape index (κ1) is 25.5. The summed E-state index contributed by atoms with van der Waals surface area (Å²) >= 11 is 1.29. The molecule has 6 rings (SSSR count). The van der Waals surface area contributed by atoms with Crippen LogP contribution in [-0.2, 0) is 17.8 Å². The molecule has 0 fully saturated rings. The van der Waals surface area contributed by atoms with Crippen molar-refractivity contribution in [1.29, 1.82) is 0 Å². The Kier molecular flexibility index (Phi) is 7.11. The van der Waals surface area contributed by atoms with Gasteiger partial charge in [0.05, 0.1) is 5.75 Å². The highest BCUT2D eigenvalue weighted by molar-refractivity contribution is 7.99. The Balaban J connectivity index is 1.20. The molecule has 9 heteroatoms. The number of nitrogens with zero attached hydrogens (tertiary/aromatic N) is 4. The number of aromatic nitrogens is 3. The number of benzene rings is 4. The first-order chi connectivity index (χ1) is 19.6. The molecule has 5 aromatic rings. The van der Waals surface area contributed by atoms with E-state index in [9.17, 15) is 14.4 Å². The van der Waals surface area contributed by atoms with Crippen LogP contribution in [0.15, 0.2) is 102 Å². The van der Waals surface area contributed by atoms with Crippen molar-refractivity contribution in [2.24, 2.45) is 0 Å². The molecule has 0 aliphatic carbocycles. The molecule has 3 amide bonds. The number of imide groups is 1. The Bertz CT molecular complexity index is 1670. The van der Waals surface area contributed by atoms with Gasteiger partial charge in [-0.15, -0.1) is 10.2 Å². The van der Waals surface area contributed by atoms with Crippen molar-refractivity contribution in [3.63, 3.8) is 0 Å². The zero-order chi connectivity index (χ0) is 27.5. The van der Waals surface area contributed by atoms with Crippen molar-refractivity contribution in [2.75, 3.05) is 12.3 Å². The summed E-state index contributed by atoms with van der Waals surface area (Å²) < 4.78 is 1.88. The maximum atomic E-state index is 13.4. The average molecular weight is 548 g/mol. The van der Waals surface area contributed by atoms with Gasteiger partial charge in [-0.3, -0.25) is 23.9 Å². The molecule has 1 aliphatic heterocycles. The van der Waals surface area contributed by atoms with E-state index < -0.39 is 0 Å². The van der Waals surface area contributed by atoms with E-state index in [-0.39, 0.29) is 30.0 Å². The van der Waals surface area contributed by atoms with Gasteiger partial charge in [0.15, 0.2) is 5.16 Å². The molecule has 1 N–H and O–H groups in total. The summed E-state index contributed by atoms with van der Waals surface area (Å²) in [4.78, 5) is 40.5. The van der Waals surface area contributed by atoms with Crippen molar-refractivity contribution in [3.05, 3.63) is 120 Å². The lowest BCUT2D eigenvalue weighted by atomic mass is 9.94. The van der Waals surface area contributed by atoms with E-state index in [1.54, 1.807) is 12.1 Å². The van der Waals surface area contributed by atoms with Gasteiger partial charge in [0.25, 0.3) is 11.8 Å². The zero-order valence-electron chi connectivity index (χ0n) is 21.5. The molecule has 0 atom stereocenters. The van der Waals surface area contributed by atoms with Crippen LogP contribution < -0.4 is 5.32 Å². The van der Waals surface area contributed by atoms with Crippen LogP contribution >= 0.6 is 11.8 Å². The first-order valence-electron chi connectivity index (χ1n) is 12.9. The molecule has 2 heterocycles. The highest BCUT2D eigenvalue weighted by Gasteiger charge is 2.32. The van der Waals surface area contributed by atoms with E-state index in [0.29, 0.717) is 40.5 Å². The predicted octanol–water partition coefficient (Wildman–Crippen LogP) is 4.67. The first-order valence-corrected chi connectivity index (χ1v) is 13.9. The third-order valence-corrected chi connectivity index (χ3v) is 7.72. The third kappa shape index (κ3) is 4.99. The Labute approximate surface area is 235 Å². The van der Waals surface area contributed by atoms with E-state index >= 15 is 0 Å². The number of carbonyl (C=O) groups excluding carboxylic acids is 3. The van der Waals surface area contributed by atoms with Gasteiger partial charge in [-0.1, -0.05) is 84.6 Å². The van der Waals surface area contributed by atoms with Gasteiger partial charge in [-0.05, 0) is 35.2 Å². The number of carbonyl (C=O) groups is 3. The fourth-order valence-corrected chi connectivity index (χ4v) is 5.67. The number of para-hydroxylation sites is 1. The largest absolute Gasteiger partial charge is 0.351 e. The highest BCUT2D eigenvalue weighted by Crippen LogP contribution is 2.30. The second kappa shape index (κ2) is 11.2. The van der Waals surface area contributed by atoms with Crippen molar-refractivity contribution < 1.29 is 14.4 Å². The standard InChI is InChI=1S/C31H25N5O3S/c37-27(32-19-21-9-3-1-4-10-21)20-40-31-34-33-26(36(31)23-13-5-2-6-14-23)17-18-35-29(38)24-15-7-11-22-12-8-16-25(28(22)24)30(35)39/h1-16H,17-20H2,(H,32,37). The number of hydrogen-bond donors (Lipinski definition) is 1. The molecule has 1 aromatic heterocycles. The molecule has 40 heavy (non-hydrogen) atoms. The van der Waals surface area contributed by atoms with E-state index in [2.05, 4.69) is 15.5 Å². The lowest BCUT2D eigenvalue weighted by molar-refractivity contribution is -0.118. The van der Waals surface area contributed by atoms with Crippen LogP contribution in [0.25, 0.3) is 16.5 Å². The molecular weight excluding hydrogens is 522 g/mol. The molecule has 0 unspecified atom stereocenters. The van der Waals surface area contributed by atoms with Crippen LogP contribution in [0.2, 0.25) is 0 Å². The predicted molar refractivity (Wildman–Crippen MR) is 153 cm³/mol. The normalized spacial score (nSPS) is 12.7. The van der Waals surface area contributed by atoms with Crippen LogP contribution in [0, 0.1) is 0 Å². The molecule has 0 spiro atoms. The summed E-state index contributed by atoms with van der Waals surface area (Å²) in [5.74, 6) is 0.0164. The lowest BCUT2D eigenvalue weighted by Crippen LogP contribution is -2.41. The molecular formula is C31H25N5O3S. The van der Waals surface area contributed by atoms with Crippen molar-refractivity contribution in [1.82, 2.24) is 25.0 Å². The molecule has 0 saturated carbocycles. The van der Waals surface area contributed by atoms with E-state index in [1.807, 2.05) is 89.5 Å². The maximum absolute atomic E-state index is 13.4. The second-order valence-corrected chi connectivity index (χ2v) is 10.3. The van der Waals surface area contributed by atoms with E-state index in [4.69, 9.17) is 0 Å². The smallest absolute Gasteiger partial charge is 0.261 e. The molecule has 1 aliphatic rings. The molecule has 4 aromatic carbocycles. The summed E-state index contributed by atoms with van der Waals surface area (Å²) in [6.45, 7) is 0.598. The van der Waals surface area contributed by atoms with Crippen molar-refractivity contribution in [3.8, 4) is 5.69 Å². The summed E-state index contributed by atoms with van der Waals surface area (Å²) in [5.41, 5.74) is 2.90. The van der Waals surface area contributed by atoms with Crippen molar-refractivity contribution in [2.45, 2.75) is 18.1 Å². The third-order valence-electron chi connectivity index (χ3n) is 6.79. The molecule has 0 radical (unpaired) electrons. The Morgan fingerprint density at radius 2 is 1.43 bits per heavy atom. The molecule has 8 nitrogen and oxygen atoms in total. The van der Waals surface area contributed by atoms with Gasteiger partial charge < -0.3 is 5.32 Å². The zero-order valence-corrected chi connectivity index (χ0v) is 22.3. The SMILES string of the molecule is O=C(CSc1nnc(CCN2C(=O)c3cccc4cccc(c34)C2=O)n1-c1ccccc1)NCc1ccccc1. The highest BCUT2D eigenvalue weighted by atomic mass is 32.2. The fraction of sp³-hybridized carbons (Fsp3) is 0.129. The minimum absolute atomic E-state index is 0.115. The quantitative estimate of drug-likeness (QED) is 0.213. The van der Waals surface area contributed by atoms with Gasteiger partial charge in [-0.2, -0.15) is 0 Å². The Hall–Kier alpha value is -4.76. The molecule has 198 valence electrons. The fourth-order valence-electron chi connectivity index (χ4n) is 4.87. The number of nitrogens with one attached hydrogen (secondary N) is 1. The van der Waals surface area contributed by atoms with Crippen LogP contribution in [0.4, 0.5) is 0 Å². The lowest BCUT2D eigenvalue weighted by Gasteiger charge is -2.27.